The minimum absolute atomic E-state index is 0.0874. The van der Waals surface area contributed by atoms with Gasteiger partial charge in [0, 0.05) is 5.56 Å². The molecule has 1 atom stereocenters. The summed E-state index contributed by atoms with van der Waals surface area (Å²) in [4.78, 5) is 38.5. The van der Waals surface area contributed by atoms with Crippen molar-refractivity contribution in [3.05, 3.63) is 59.4 Å². The first-order valence-corrected chi connectivity index (χ1v) is 8.21. The van der Waals surface area contributed by atoms with Gasteiger partial charge in [0.2, 0.25) is 6.79 Å². The fourth-order valence-electron chi connectivity index (χ4n) is 3.14. The van der Waals surface area contributed by atoms with Crippen molar-refractivity contribution in [2.75, 3.05) is 13.3 Å². The Balaban J connectivity index is 1.59. The molecule has 0 saturated carbocycles. The first kappa shape index (κ1) is 17.0. The Bertz CT molecular complexity index is 976. The lowest BCUT2D eigenvalue weighted by Gasteiger charge is -2.22. The number of benzene rings is 2. The molecular weight excluding hydrogens is 355 g/mol. The molecule has 0 aromatic heterocycles. The number of hydrogen-bond donors (Lipinski definition) is 1. The molecule has 0 unspecified atom stereocenters. The van der Waals surface area contributed by atoms with E-state index in [1.165, 1.54) is 18.2 Å². The molecule has 7 nitrogen and oxygen atoms in total. The van der Waals surface area contributed by atoms with Gasteiger partial charge in [-0.3, -0.25) is 14.5 Å². The lowest BCUT2D eigenvalue weighted by Crippen LogP contribution is -2.41. The molecule has 0 spiro atoms. The number of amides is 3. The number of hydrogen-bond acceptors (Lipinski definition) is 5. The highest BCUT2D eigenvalue weighted by atomic mass is 19.1. The molecular formula is C19H15FN2O5. The number of carbonyl (C=O) groups excluding carboxylic acids is 3. The van der Waals surface area contributed by atoms with Crippen LogP contribution in [0.1, 0.15) is 22.8 Å². The zero-order chi connectivity index (χ0) is 19.2. The molecule has 2 aliphatic rings. The summed E-state index contributed by atoms with van der Waals surface area (Å²) >= 11 is 0. The third-order valence-electron chi connectivity index (χ3n) is 4.67. The highest BCUT2D eigenvalue weighted by Crippen LogP contribution is 2.37. The van der Waals surface area contributed by atoms with Crippen molar-refractivity contribution in [3.63, 3.8) is 0 Å². The number of nitrogens with one attached hydrogen (secondary N) is 1. The summed E-state index contributed by atoms with van der Waals surface area (Å²) in [6.07, 6.45) is 0. The smallest absolute Gasteiger partial charge is 0.325 e. The molecule has 2 aromatic rings. The molecule has 0 radical (unpaired) electrons. The molecule has 1 fully saturated rings. The number of fused-ring (bicyclic) bond motifs is 1. The average molecular weight is 370 g/mol. The summed E-state index contributed by atoms with van der Waals surface area (Å²) in [7, 11) is 0. The molecule has 1 saturated heterocycles. The molecule has 4 rings (SSSR count). The Hall–Kier alpha value is -3.42. The molecule has 2 heterocycles. The minimum Gasteiger partial charge on any atom is -0.454 e. The fourth-order valence-corrected chi connectivity index (χ4v) is 3.14. The second-order valence-electron chi connectivity index (χ2n) is 6.45. The van der Waals surface area contributed by atoms with Gasteiger partial charge < -0.3 is 14.8 Å². The predicted molar refractivity (Wildman–Crippen MR) is 90.9 cm³/mol. The van der Waals surface area contributed by atoms with Gasteiger partial charge in [-0.2, -0.15) is 0 Å². The monoisotopic (exact) mass is 370 g/mol. The SMILES string of the molecule is C[C@@]1(c2ccc3c(c2)OCO3)NC(=O)N(CC(=O)c2cccc(F)c2)C1=O. The predicted octanol–water partition coefficient (Wildman–Crippen LogP) is 2.20. The molecule has 2 aliphatic heterocycles. The normalized spacial score (nSPS) is 20.7. The molecule has 8 heteroatoms. The Labute approximate surface area is 153 Å². The molecule has 2 aromatic carbocycles. The summed E-state index contributed by atoms with van der Waals surface area (Å²) in [5, 5.41) is 2.62. The first-order chi connectivity index (χ1) is 12.9. The first-order valence-electron chi connectivity index (χ1n) is 8.21. The van der Waals surface area contributed by atoms with Gasteiger partial charge in [0.25, 0.3) is 5.91 Å². The zero-order valence-corrected chi connectivity index (χ0v) is 14.3. The van der Waals surface area contributed by atoms with Gasteiger partial charge in [0.05, 0.1) is 6.54 Å². The number of Topliss-reactive ketones (excluding diaryl/α,β-unsaturated/α-hetero) is 1. The Morgan fingerprint density at radius 1 is 1.19 bits per heavy atom. The van der Waals surface area contributed by atoms with Gasteiger partial charge in [-0.25, -0.2) is 9.18 Å². The number of imide groups is 1. The van der Waals surface area contributed by atoms with Gasteiger partial charge in [-0.1, -0.05) is 18.2 Å². The van der Waals surface area contributed by atoms with Crippen molar-refractivity contribution in [3.8, 4) is 11.5 Å². The van der Waals surface area contributed by atoms with Crippen LogP contribution in [-0.2, 0) is 10.3 Å². The average Bonchev–Trinajstić information content (AvgIpc) is 3.20. The van der Waals surface area contributed by atoms with E-state index in [0.717, 1.165) is 11.0 Å². The van der Waals surface area contributed by atoms with Gasteiger partial charge in [0.1, 0.15) is 11.4 Å². The largest absolute Gasteiger partial charge is 0.454 e. The van der Waals surface area contributed by atoms with Crippen LogP contribution in [0.2, 0.25) is 0 Å². The summed E-state index contributed by atoms with van der Waals surface area (Å²) in [6.45, 7) is 1.16. The number of ether oxygens (including phenoxy) is 2. The number of ketones is 1. The van der Waals surface area contributed by atoms with Crippen LogP contribution in [0.5, 0.6) is 11.5 Å². The summed E-state index contributed by atoms with van der Waals surface area (Å²) in [5.41, 5.74) is -0.751. The maximum atomic E-state index is 13.3. The van der Waals surface area contributed by atoms with Crippen molar-refractivity contribution in [2.24, 2.45) is 0 Å². The lowest BCUT2D eigenvalue weighted by molar-refractivity contribution is -0.130. The minimum atomic E-state index is -1.35. The Kier molecular flexibility index (Phi) is 3.83. The summed E-state index contributed by atoms with van der Waals surface area (Å²) < 4.78 is 23.9. The van der Waals surface area contributed by atoms with Gasteiger partial charge >= 0.3 is 6.03 Å². The second-order valence-corrected chi connectivity index (χ2v) is 6.45. The highest BCUT2D eigenvalue weighted by molar-refractivity contribution is 6.11. The van der Waals surface area contributed by atoms with E-state index in [0.29, 0.717) is 17.1 Å². The van der Waals surface area contributed by atoms with Crippen LogP contribution in [0.3, 0.4) is 0 Å². The van der Waals surface area contributed by atoms with Crippen LogP contribution in [-0.4, -0.2) is 36.0 Å². The van der Waals surface area contributed by atoms with E-state index >= 15 is 0 Å². The van der Waals surface area contributed by atoms with Crippen LogP contribution in [0.4, 0.5) is 9.18 Å². The van der Waals surface area contributed by atoms with Crippen molar-refractivity contribution >= 4 is 17.7 Å². The zero-order valence-electron chi connectivity index (χ0n) is 14.3. The number of nitrogens with zero attached hydrogens (tertiary/aromatic N) is 1. The van der Waals surface area contributed by atoms with Crippen molar-refractivity contribution in [2.45, 2.75) is 12.5 Å². The van der Waals surface area contributed by atoms with E-state index in [9.17, 15) is 18.8 Å². The topological polar surface area (TPSA) is 84.9 Å². The third kappa shape index (κ3) is 2.79. The highest BCUT2D eigenvalue weighted by Gasteiger charge is 2.49. The van der Waals surface area contributed by atoms with Crippen LogP contribution in [0, 0.1) is 5.82 Å². The molecule has 27 heavy (non-hydrogen) atoms. The molecule has 0 bridgehead atoms. The van der Waals surface area contributed by atoms with E-state index in [1.807, 2.05) is 0 Å². The fraction of sp³-hybridized carbons (Fsp3) is 0.211. The lowest BCUT2D eigenvalue weighted by atomic mass is 9.91. The maximum absolute atomic E-state index is 13.3. The maximum Gasteiger partial charge on any atom is 0.325 e. The Morgan fingerprint density at radius 3 is 2.74 bits per heavy atom. The van der Waals surface area contributed by atoms with Crippen molar-refractivity contribution in [1.82, 2.24) is 10.2 Å². The van der Waals surface area contributed by atoms with E-state index in [-0.39, 0.29) is 12.4 Å². The van der Waals surface area contributed by atoms with Crippen molar-refractivity contribution < 1.29 is 28.2 Å². The van der Waals surface area contributed by atoms with E-state index in [4.69, 9.17) is 9.47 Å². The van der Waals surface area contributed by atoms with E-state index < -0.39 is 35.6 Å². The molecule has 1 N–H and O–H groups in total. The second kappa shape index (κ2) is 6.08. The number of urea groups is 1. The van der Waals surface area contributed by atoms with Crippen molar-refractivity contribution in [1.29, 1.82) is 0 Å². The molecule has 138 valence electrons. The third-order valence-corrected chi connectivity index (χ3v) is 4.67. The van der Waals surface area contributed by atoms with E-state index in [2.05, 4.69) is 5.32 Å². The summed E-state index contributed by atoms with van der Waals surface area (Å²) in [6, 6.07) is 9.35. The molecule has 3 amide bonds. The van der Waals surface area contributed by atoms with Crippen LogP contribution < -0.4 is 14.8 Å². The quantitative estimate of drug-likeness (QED) is 0.659. The van der Waals surface area contributed by atoms with Crippen LogP contribution in [0.15, 0.2) is 42.5 Å². The standard InChI is InChI=1S/C19H15FN2O5/c1-19(12-5-6-15-16(8-12)27-10-26-15)17(24)22(18(25)21-19)9-14(23)11-3-2-4-13(20)7-11/h2-8H,9-10H2,1H3,(H,21,25)/t19-/m0/s1. The number of halogens is 1. The van der Waals surface area contributed by atoms with E-state index in [1.54, 1.807) is 25.1 Å². The van der Waals surface area contributed by atoms with Gasteiger partial charge in [-0.05, 0) is 36.8 Å². The number of carbonyl (C=O) groups is 3. The van der Waals surface area contributed by atoms with Crippen LogP contribution >= 0.6 is 0 Å². The summed E-state index contributed by atoms with van der Waals surface area (Å²) in [5.74, 6) is -0.644. The number of rotatable bonds is 4. The Morgan fingerprint density at radius 2 is 1.96 bits per heavy atom. The van der Waals surface area contributed by atoms with Gasteiger partial charge in [0.15, 0.2) is 17.3 Å². The van der Waals surface area contributed by atoms with Gasteiger partial charge in [-0.15, -0.1) is 0 Å². The molecule has 0 aliphatic carbocycles. The van der Waals surface area contributed by atoms with Crippen LogP contribution in [0.25, 0.3) is 0 Å².